The minimum Gasteiger partial charge on any atom is -0.380 e. The van der Waals surface area contributed by atoms with E-state index in [2.05, 4.69) is 5.32 Å². The zero-order valence-electron chi connectivity index (χ0n) is 13.5. The minimum atomic E-state index is -0.134. The molecule has 2 aliphatic heterocycles. The molecule has 0 bridgehead atoms. The van der Waals surface area contributed by atoms with Crippen molar-refractivity contribution in [1.29, 1.82) is 0 Å². The summed E-state index contributed by atoms with van der Waals surface area (Å²) in [6, 6.07) is 10.1. The van der Waals surface area contributed by atoms with Crippen molar-refractivity contribution in [2.75, 3.05) is 33.4 Å². The first-order valence-corrected chi connectivity index (χ1v) is 8.30. The number of nitrogens with zero attached hydrogens (tertiary/aromatic N) is 1. The van der Waals surface area contributed by atoms with Gasteiger partial charge < -0.3 is 15.0 Å². The second-order valence-electron chi connectivity index (χ2n) is 6.47. The van der Waals surface area contributed by atoms with E-state index in [9.17, 15) is 9.59 Å². The van der Waals surface area contributed by atoms with Crippen molar-refractivity contribution in [2.24, 2.45) is 17.8 Å². The van der Waals surface area contributed by atoms with Gasteiger partial charge in [-0.1, -0.05) is 30.3 Å². The molecule has 0 aliphatic carbocycles. The van der Waals surface area contributed by atoms with Crippen LogP contribution in [0.1, 0.15) is 12.0 Å². The summed E-state index contributed by atoms with van der Waals surface area (Å²) in [6.07, 6.45) is 1.29. The van der Waals surface area contributed by atoms with Crippen molar-refractivity contribution in [2.45, 2.75) is 12.8 Å². The molecule has 1 aromatic rings. The molecular weight excluding hydrogens is 292 g/mol. The molecule has 2 amide bonds. The van der Waals surface area contributed by atoms with Gasteiger partial charge >= 0.3 is 0 Å². The average Bonchev–Trinajstić information content (AvgIpc) is 3.04. The number of likely N-dealkylation sites (tertiary alicyclic amines) is 1. The highest BCUT2D eigenvalue weighted by Crippen LogP contribution is 2.34. The second-order valence-corrected chi connectivity index (χ2v) is 6.47. The van der Waals surface area contributed by atoms with Crippen molar-refractivity contribution in [1.82, 2.24) is 10.2 Å². The van der Waals surface area contributed by atoms with E-state index >= 15 is 0 Å². The summed E-state index contributed by atoms with van der Waals surface area (Å²) in [4.78, 5) is 26.4. The van der Waals surface area contributed by atoms with Crippen LogP contribution in [0, 0.1) is 17.8 Å². The summed E-state index contributed by atoms with van der Waals surface area (Å²) in [5, 5.41) is 2.72. The van der Waals surface area contributed by atoms with Gasteiger partial charge in [0.2, 0.25) is 11.8 Å². The Hall–Kier alpha value is -1.88. The molecule has 124 valence electrons. The molecule has 0 saturated carbocycles. The average molecular weight is 316 g/mol. The molecule has 5 nitrogen and oxygen atoms in total. The molecule has 0 spiro atoms. The number of nitrogens with one attached hydrogen (secondary N) is 1. The predicted octanol–water partition coefficient (Wildman–Crippen LogP) is 1.09. The zero-order chi connectivity index (χ0) is 16.2. The molecule has 23 heavy (non-hydrogen) atoms. The Morgan fingerprint density at radius 3 is 2.74 bits per heavy atom. The number of rotatable bonds is 4. The van der Waals surface area contributed by atoms with Crippen LogP contribution >= 0.6 is 0 Å². The van der Waals surface area contributed by atoms with Crippen LogP contribution in [0.25, 0.3) is 0 Å². The van der Waals surface area contributed by atoms with Gasteiger partial charge in [-0.05, 0) is 17.9 Å². The molecular formula is C18H24N2O3. The van der Waals surface area contributed by atoms with Crippen molar-refractivity contribution in [3.05, 3.63) is 35.9 Å². The number of aryl methyl sites for hydroxylation is 1. The Kier molecular flexibility index (Phi) is 4.96. The highest BCUT2D eigenvalue weighted by atomic mass is 16.5. The van der Waals surface area contributed by atoms with Crippen LogP contribution in [0.2, 0.25) is 0 Å². The molecule has 0 aromatic heterocycles. The van der Waals surface area contributed by atoms with E-state index in [1.807, 2.05) is 35.2 Å². The normalized spacial score (nSPS) is 26.7. The molecule has 3 atom stereocenters. The first-order valence-electron chi connectivity index (χ1n) is 8.30. The topological polar surface area (TPSA) is 58.6 Å². The highest BCUT2D eigenvalue weighted by molar-refractivity contribution is 5.80. The fraction of sp³-hybridized carbons (Fsp3) is 0.556. The number of hydrogen-bond acceptors (Lipinski definition) is 3. The van der Waals surface area contributed by atoms with Gasteiger partial charge in [0.25, 0.3) is 0 Å². The van der Waals surface area contributed by atoms with E-state index in [0.717, 1.165) is 6.42 Å². The monoisotopic (exact) mass is 316 g/mol. The standard InChI is InChI=1S/C18H24N2O3/c1-19-18(22)16-12-23-11-14-9-20(10-15(14)16)17(21)8-7-13-5-3-2-4-6-13/h2-6,14-16H,7-12H2,1H3,(H,19,22)/t14-,15-,16-/m1/s1. The number of carbonyl (C=O) groups excluding carboxylic acids is 2. The molecule has 1 N–H and O–H groups in total. The molecule has 3 rings (SSSR count). The first-order chi connectivity index (χ1) is 11.2. The van der Waals surface area contributed by atoms with Gasteiger partial charge in [0.1, 0.15) is 0 Å². The van der Waals surface area contributed by atoms with Gasteiger partial charge in [0, 0.05) is 32.5 Å². The molecule has 5 heteroatoms. The summed E-state index contributed by atoms with van der Waals surface area (Å²) in [6.45, 7) is 2.51. The first kappa shape index (κ1) is 16.0. The van der Waals surface area contributed by atoms with E-state index in [1.165, 1.54) is 5.56 Å². The lowest BCUT2D eigenvalue weighted by Gasteiger charge is -2.31. The largest absolute Gasteiger partial charge is 0.380 e. The van der Waals surface area contributed by atoms with E-state index in [-0.39, 0.29) is 29.6 Å². The summed E-state index contributed by atoms with van der Waals surface area (Å²) in [5.74, 6) is 0.582. The van der Waals surface area contributed by atoms with Crippen LogP contribution in [0.15, 0.2) is 30.3 Å². The molecule has 0 radical (unpaired) electrons. The maximum atomic E-state index is 12.5. The number of carbonyl (C=O) groups is 2. The predicted molar refractivity (Wildman–Crippen MR) is 86.7 cm³/mol. The lowest BCUT2D eigenvalue weighted by atomic mass is 9.82. The molecule has 1 aromatic carbocycles. The Labute approximate surface area is 137 Å². The van der Waals surface area contributed by atoms with Gasteiger partial charge in [0.15, 0.2) is 0 Å². The summed E-state index contributed by atoms with van der Waals surface area (Å²) in [7, 11) is 1.66. The van der Waals surface area contributed by atoms with E-state index in [1.54, 1.807) is 7.05 Å². The van der Waals surface area contributed by atoms with Crippen LogP contribution < -0.4 is 5.32 Å². The molecule has 2 saturated heterocycles. The Balaban J connectivity index is 1.57. The third kappa shape index (κ3) is 3.55. The van der Waals surface area contributed by atoms with Crippen LogP contribution in [-0.4, -0.2) is 50.1 Å². The summed E-state index contributed by atoms with van der Waals surface area (Å²) >= 11 is 0. The number of fused-ring (bicyclic) bond motifs is 1. The van der Waals surface area contributed by atoms with E-state index in [0.29, 0.717) is 32.7 Å². The summed E-state index contributed by atoms with van der Waals surface area (Å²) < 4.78 is 5.58. The highest BCUT2D eigenvalue weighted by Gasteiger charge is 2.44. The van der Waals surface area contributed by atoms with Gasteiger partial charge in [-0.25, -0.2) is 0 Å². The third-order valence-corrected chi connectivity index (χ3v) is 5.04. The second kappa shape index (κ2) is 7.13. The van der Waals surface area contributed by atoms with E-state index < -0.39 is 0 Å². The maximum Gasteiger partial charge on any atom is 0.225 e. The minimum absolute atomic E-state index is 0.0262. The van der Waals surface area contributed by atoms with Crippen molar-refractivity contribution >= 4 is 11.8 Å². The lowest BCUT2D eigenvalue weighted by Crippen LogP contribution is -2.43. The van der Waals surface area contributed by atoms with Crippen LogP contribution in [0.3, 0.4) is 0 Å². The smallest absolute Gasteiger partial charge is 0.225 e. The number of amides is 2. The Morgan fingerprint density at radius 1 is 1.22 bits per heavy atom. The molecule has 2 heterocycles. The van der Waals surface area contributed by atoms with Gasteiger partial charge in [-0.15, -0.1) is 0 Å². The van der Waals surface area contributed by atoms with E-state index in [4.69, 9.17) is 4.74 Å². The van der Waals surface area contributed by atoms with Gasteiger partial charge in [-0.3, -0.25) is 9.59 Å². The fourth-order valence-electron chi connectivity index (χ4n) is 3.71. The van der Waals surface area contributed by atoms with Gasteiger partial charge in [0.05, 0.1) is 19.1 Å². The van der Waals surface area contributed by atoms with Crippen LogP contribution in [0.5, 0.6) is 0 Å². The Bertz CT molecular complexity index is 561. The Morgan fingerprint density at radius 2 is 2.00 bits per heavy atom. The SMILES string of the molecule is CNC(=O)[C@@H]1COC[C@H]2CN(C(=O)CCc3ccccc3)C[C@H]21. The summed E-state index contributed by atoms with van der Waals surface area (Å²) in [5.41, 5.74) is 1.18. The lowest BCUT2D eigenvalue weighted by molar-refractivity contribution is -0.134. The van der Waals surface area contributed by atoms with Crippen LogP contribution in [0.4, 0.5) is 0 Å². The maximum absolute atomic E-state index is 12.5. The molecule has 2 fully saturated rings. The van der Waals surface area contributed by atoms with Crippen LogP contribution in [-0.2, 0) is 20.7 Å². The van der Waals surface area contributed by atoms with Gasteiger partial charge in [-0.2, -0.15) is 0 Å². The zero-order valence-corrected chi connectivity index (χ0v) is 13.5. The van der Waals surface area contributed by atoms with Crippen molar-refractivity contribution < 1.29 is 14.3 Å². The van der Waals surface area contributed by atoms with Crippen molar-refractivity contribution in [3.63, 3.8) is 0 Å². The molecule has 0 unspecified atom stereocenters. The molecule has 2 aliphatic rings. The van der Waals surface area contributed by atoms with Crippen molar-refractivity contribution in [3.8, 4) is 0 Å². The number of ether oxygens (including phenoxy) is 1. The number of hydrogen-bond donors (Lipinski definition) is 1. The number of benzene rings is 1. The quantitative estimate of drug-likeness (QED) is 0.904. The fourth-order valence-corrected chi connectivity index (χ4v) is 3.71. The third-order valence-electron chi connectivity index (χ3n) is 5.04.